The molecular formula is C39H59NO15. The zero-order valence-electron chi connectivity index (χ0n) is 31.8. The van der Waals surface area contributed by atoms with Gasteiger partial charge in [0, 0.05) is 12.5 Å². The quantitative estimate of drug-likeness (QED) is 0.0957. The molecule has 2 N–H and O–H groups in total. The maximum atomic E-state index is 12.2. The standard InChI is InChI=1S/C39H59NO15/c41-38(42)32-54-30-29-53-28-27-52-26-25-51-24-23-50-22-21-49-20-19-48-18-17-47-16-15-46-14-13-45-12-11-44-10-9-40-39(43)55-31-37-35-7-3-1-5-33(35)34-6-2-4-8-36(34)37/h1-8,37H,9-32H2,(H,40,43)(H,41,42). The Morgan fingerprint density at radius 2 is 0.764 bits per heavy atom. The normalized spacial score (nSPS) is 12.1. The van der Waals surface area contributed by atoms with Gasteiger partial charge in [-0.1, -0.05) is 48.5 Å². The third-order valence-electron chi connectivity index (χ3n) is 7.81. The lowest BCUT2D eigenvalue weighted by atomic mass is 9.98. The van der Waals surface area contributed by atoms with Gasteiger partial charge in [-0.2, -0.15) is 0 Å². The summed E-state index contributed by atoms with van der Waals surface area (Å²) in [6.07, 6.45) is -0.458. The molecule has 0 atom stereocenters. The molecule has 1 amide bonds. The lowest BCUT2D eigenvalue weighted by Crippen LogP contribution is -2.29. The fourth-order valence-electron chi connectivity index (χ4n) is 5.23. The molecule has 1 aliphatic carbocycles. The van der Waals surface area contributed by atoms with E-state index in [0.717, 1.165) is 0 Å². The van der Waals surface area contributed by atoms with Gasteiger partial charge in [0.2, 0.25) is 0 Å². The third-order valence-corrected chi connectivity index (χ3v) is 7.81. The van der Waals surface area contributed by atoms with Crippen LogP contribution in [0.4, 0.5) is 4.79 Å². The number of benzene rings is 2. The third kappa shape index (κ3) is 22.2. The molecule has 3 rings (SSSR count). The molecule has 0 spiro atoms. The summed E-state index contributed by atoms with van der Waals surface area (Å²) < 4.78 is 64.9. The maximum Gasteiger partial charge on any atom is 0.407 e. The Labute approximate surface area is 323 Å². The van der Waals surface area contributed by atoms with Crippen LogP contribution >= 0.6 is 0 Å². The second-order valence-corrected chi connectivity index (χ2v) is 11.8. The van der Waals surface area contributed by atoms with Crippen LogP contribution in [0.1, 0.15) is 17.0 Å². The van der Waals surface area contributed by atoms with Gasteiger partial charge in [-0.25, -0.2) is 9.59 Å². The highest BCUT2D eigenvalue weighted by Crippen LogP contribution is 2.44. The van der Waals surface area contributed by atoms with Crippen molar-refractivity contribution >= 4 is 12.1 Å². The minimum absolute atomic E-state index is 0.0315. The smallest absolute Gasteiger partial charge is 0.407 e. The first-order chi connectivity index (χ1) is 27.2. The molecule has 2 aromatic carbocycles. The summed E-state index contributed by atoms with van der Waals surface area (Å²) in [6.45, 7) is 9.45. The molecule has 0 saturated carbocycles. The van der Waals surface area contributed by atoms with E-state index < -0.39 is 12.1 Å². The van der Waals surface area contributed by atoms with Gasteiger partial charge in [0.1, 0.15) is 13.2 Å². The summed E-state index contributed by atoms with van der Waals surface area (Å²) in [5, 5.41) is 11.2. The fraction of sp³-hybridized carbons (Fsp3) is 0.641. The van der Waals surface area contributed by atoms with Crippen LogP contribution in [0.25, 0.3) is 11.1 Å². The average molecular weight is 782 g/mol. The molecule has 0 saturated heterocycles. The second kappa shape index (κ2) is 31.9. The van der Waals surface area contributed by atoms with E-state index >= 15 is 0 Å². The highest BCUT2D eigenvalue weighted by atomic mass is 16.6. The van der Waals surface area contributed by atoms with Crippen molar-refractivity contribution in [3.05, 3.63) is 59.7 Å². The van der Waals surface area contributed by atoms with E-state index in [1.165, 1.54) is 22.3 Å². The van der Waals surface area contributed by atoms with Gasteiger partial charge in [-0.05, 0) is 22.3 Å². The van der Waals surface area contributed by atoms with Gasteiger partial charge in [0.25, 0.3) is 0 Å². The van der Waals surface area contributed by atoms with Crippen LogP contribution in [-0.4, -0.2) is 176 Å². The van der Waals surface area contributed by atoms with E-state index in [1.54, 1.807) is 0 Å². The average Bonchev–Trinajstić information content (AvgIpc) is 3.51. The number of carboxylic acids is 1. The molecule has 16 heteroatoms. The number of carboxylic acid groups (broad SMARTS) is 1. The van der Waals surface area contributed by atoms with Crippen LogP contribution in [0.2, 0.25) is 0 Å². The molecule has 55 heavy (non-hydrogen) atoms. The topological polar surface area (TPSA) is 177 Å². The number of fused-ring (bicyclic) bond motifs is 3. The van der Waals surface area contributed by atoms with Crippen molar-refractivity contribution in [3.63, 3.8) is 0 Å². The molecule has 310 valence electrons. The number of ether oxygens (including phenoxy) is 12. The van der Waals surface area contributed by atoms with Gasteiger partial charge < -0.3 is 67.3 Å². The molecule has 0 radical (unpaired) electrons. The minimum Gasteiger partial charge on any atom is -0.480 e. The zero-order chi connectivity index (χ0) is 38.9. The van der Waals surface area contributed by atoms with E-state index in [4.69, 9.17) is 61.9 Å². The van der Waals surface area contributed by atoms with E-state index in [9.17, 15) is 9.59 Å². The number of hydrogen-bond donors (Lipinski definition) is 2. The largest absolute Gasteiger partial charge is 0.480 e. The first-order valence-electron chi connectivity index (χ1n) is 18.8. The summed E-state index contributed by atoms with van der Waals surface area (Å²) in [7, 11) is 0. The lowest BCUT2D eigenvalue weighted by molar-refractivity contribution is -0.142. The van der Waals surface area contributed by atoms with Crippen molar-refractivity contribution in [2.45, 2.75) is 5.92 Å². The zero-order valence-corrected chi connectivity index (χ0v) is 31.8. The molecule has 0 unspecified atom stereocenters. The van der Waals surface area contributed by atoms with E-state index in [0.29, 0.717) is 139 Å². The van der Waals surface area contributed by atoms with Crippen LogP contribution < -0.4 is 5.32 Å². The Bertz CT molecular complexity index is 1220. The minimum atomic E-state index is -1.00. The number of rotatable bonds is 37. The molecule has 2 aromatic rings. The van der Waals surface area contributed by atoms with Gasteiger partial charge in [-0.3, -0.25) is 0 Å². The Balaban J connectivity index is 0.943. The van der Waals surface area contributed by atoms with Crippen molar-refractivity contribution in [2.75, 3.05) is 159 Å². The van der Waals surface area contributed by atoms with E-state index in [2.05, 4.69) is 29.6 Å². The number of amides is 1. The van der Waals surface area contributed by atoms with Crippen molar-refractivity contribution in [1.29, 1.82) is 0 Å². The SMILES string of the molecule is O=C(O)COCCOCCOCCOCCOCCOCCOCCOCCOCCOCCOCCNC(=O)OCC1c2ccccc2-c2ccccc21. The summed E-state index contributed by atoms with van der Waals surface area (Å²) in [5.74, 6) is -0.969. The fourth-order valence-corrected chi connectivity index (χ4v) is 5.23. The Hall–Kier alpha value is -3.26. The molecule has 0 bridgehead atoms. The van der Waals surface area contributed by atoms with E-state index in [1.807, 2.05) is 24.3 Å². The number of carbonyl (C=O) groups excluding carboxylic acids is 1. The predicted molar refractivity (Wildman–Crippen MR) is 200 cm³/mol. The number of nitrogens with one attached hydrogen (secondary N) is 1. The summed E-state index contributed by atoms with van der Waals surface area (Å²) >= 11 is 0. The molecule has 16 nitrogen and oxygen atoms in total. The van der Waals surface area contributed by atoms with Crippen LogP contribution in [0.15, 0.2) is 48.5 Å². The van der Waals surface area contributed by atoms with Gasteiger partial charge in [0.05, 0.1) is 139 Å². The molecule has 0 aliphatic heterocycles. The Morgan fingerprint density at radius 3 is 1.11 bits per heavy atom. The predicted octanol–water partition coefficient (Wildman–Crippen LogP) is 2.79. The van der Waals surface area contributed by atoms with Crippen LogP contribution in [0, 0.1) is 0 Å². The highest BCUT2D eigenvalue weighted by Gasteiger charge is 2.28. The van der Waals surface area contributed by atoms with Crippen molar-refractivity contribution in [3.8, 4) is 11.1 Å². The first kappa shape index (κ1) is 46.1. The summed E-state index contributed by atoms with van der Waals surface area (Å²) in [5.41, 5.74) is 4.75. The molecular weight excluding hydrogens is 722 g/mol. The second-order valence-electron chi connectivity index (χ2n) is 11.8. The van der Waals surface area contributed by atoms with Gasteiger partial charge >= 0.3 is 12.1 Å². The van der Waals surface area contributed by atoms with Gasteiger partial charge in [0.15, 0.2) is 0 Å². The van der Waals surface area contributed by atoms with Crippen LogP contribution in [0.5, 0.6) is 0 Å². The summed E-state index contributed by atoms with van der Waals surface area (Å²) in [6, 6.07) is 16.5. The van der Waals surface area contributed by atoms with E-state index in [-0.39, 0.29) is 25.7 Å². The number of aliphatic carboxylic acids is 1. The van der Waals surface area contributed by atoms with Crippen LogP contribution in [0.3, 0.4) is 0 Å². The molecule has 1 aliphatic rings. The molecule has 0 aromatic heterocycles. The maximum absolute atomic E-state index is 12.2. The lowest BCUT2D eigenvalue weighted by Gasteiger charge is -2.14. The Morgan fingerprint density at radius 1 is 0.455 bits per heavy atom. The monoisotopic (exact) mass is 781 g/mol. The Kier molecular flexibility index (Phi) is 26.7. The number of carbonyl (C=O) groups is 2. The number of hydrogen-bond acceptors (Lipinski definition) is 14. The van der Waals surface area contributed by atoms with Gasteiger partial charge in [-0.15, -0.1) is 0 Å². The van der Waals surface area contributed by atoms with Crippen molar-refractivity contribution in [1.82, 2.24) is 5.32 Å². The van der Waals surface area contributed by atoms with Crippen molar-refractivity contribution in [2.24, 2.45) is 0 Å². The highest BCUT2D eigenvalue weighted by molar-refractivity contribution is 5.79. The van der Waals surface area contributed by atoms with Crippen molar-refractivity contribution < 1.29 is 71.5 Å². The number of alkyl carbamates (subject to hydrolysis) is 1. The first-order valence-corrected chi connectivity index (χ1v) is 18.8. The summed E-state index contributed by atoms with van der Waals surface area (Å²) in [4.78, 5) is 22.5. The van der Waals surface area contributed by atoms with Crippen LogP contribution in [-0.2, 0) is 61.6 Å². The molecule has 0 heterocycles. The molecule has 0 fully saturated rings.